The van der Waals surface area contributed by atoms with Crippen LogP contribution in [0.4, 0.5) is 5.69 Å². The minimum absolute atomic E-state index is 0.168. The average molecular weight is 297 g/mol. The second-order valence-corrected chi connectivity index (χ2v) is 5.10. The van der Waals surface area contributed by atoms with Gasteiger partial charge in [0, 0.05) is 17.9 Å². The van der Waals surface area contributed by atoms with Gasteiger partial charge >= 0.3 is 11.7 Å². The van der Waals surface area contributed by atoms with Gasteiger partial charge in [0.05, 0.1) is 11.5 Å². The third-order valence-corrected chi connectivity index (χ3v) is 3.15. The molecule has 0 amide bonds. The van der Waals surface area contributed by atoms with Crippen LogP contribution in [0.15, 0.2) is 24.3 Å². The molecule has 0 fully saturated rings. The zero-order chi connectivity index (χ0) is 15.0. The number of thioether (sulfide) groups is 1. The van der Waals surface area contributed by atoms with Gasteiger partial charge in [-0.1, -0.05) is 13.0 Å². The number of hydrogen-bond acceptors (Lipinski definition) is 5. The first kappa shape index (κ1) is 16.0. The van der Waals surface area contributed by atoms with Crippen molar-refractivity contribution in [3.8, 4) is 5.75 Å². The number of nitro groups is 1. The number of rotatable bonds is 8. The molecule has 7 heteroatoms. The van der Waals surface area contributed by atoms with Crippen LogP contribution >= 0.6 is 11.8 Å². The van der Waals surface area contributed by atoms with Gasteiger partial charge in [0.2, 0.25) is 0 Å². The van der Waals surface area contributed by atoms with Crippen molar-refractivity contribution in [2.75, 3.05) is 18.1 Å². The number of aliphatic carboxylic acids is 1. The third kappa shape index (κ3) is 5.31. The predicted octanol–water partition coefficient (Wildman–Crippen LogP) is 2.82. The van der Waals surface area contributed by atoms with Crippen LogP contribution in [0.3, 0.4) is 0 Å². The van der Waals surface area contributed by atoms with E-state index in [0.717, 1.165) is 17.6 Å². The molecule has 0 aliphatic carbocycles. The Labute approximate surface area is 120 Å². The number of nitro benzene ring substituents is 1. The van der Waals surface area contributed by atoms with E-state index in [1.165, 1.54) is 18.2 Å². The number of carboxylic acids is 1. The summed E-state index contributed by atoms with van der Waals surface area (Å²) in [7, 11) is 0. The highest BCUT2D eigenvalue weighted by Gasteiger charge is 2.15. The Hall–Kier alpha value is -2.02. The van der Waals surface area contributed by atoms with Crippen LogP contribution in [0.1, 0.15) is 12.5 Å². The van der Waals surface area contributed by atoms with Crippen LogP contribution in [-0.2, 0) is 4.79 Å². The average Bonchev–Trinajstić information content (AvgIpc) is 2.41. The van der Waals surface area contributed by atoms with Crippen molar-refractivity contribution in [3.05, 3.63) is 40.0 Å². The monoisotopic (exact) mass is 297 g/mol. The highest BCUT2D eigenvalue weighted by molar-refractivity contribution is 7.99. The molecule has 1 aromatic rings. The van der Waals surface area contributed by atoms with Gasteiger partial charge in [-0.2, -0.15) is 11.8 Å². The second kappa shape index (κ2) is 8.21. The zero-order valence-electron chi connectivity index (χ0n) is 10.9. The Morgan fingerprint density at radius 3 is 2.90 bits per heavy atom. The van der Waals surface area contributed by atoms with Crippen LogP contribution < -0.4 is 4.74 Å². The van der Waals surface area contributed by atoms with Crippen molar-refractivity contribution in [2.45, 2.75) is 6.92 Å². The van der Waals surface area contributed by atoms with E-state index in [4.69, 9.17) is 9.84 Å². The molecule has 1 N–H and O–H groups in total. The molecule has 0 aliphatic heterocycles. The molecular formula is C13H15NO5S. The molecule has 0 spiro atoms. The molecule has 0 unspecified atom stereocenters. The number of carbonyl (C=O) groups is 1. The highest BCUT2D eigenvalue weighted by Crippen LogP contribution is 2.28. The van der Waals surface area contributed by atoms with E-state index in [1.807, 2.05) is 6.92 Å². The minimum Gasteiger partial charge on any atom is -0.486 e. The molecule has 0 radical (unpaired) electrons. The second-order valence-electron chi connectivity index (χ2n) is 3.70. The maximum atomic E-state index is 11.0. The van der Waals surface area contributed by atoms with Crippen LogP contribution in [0.25, 0.3) is 6.08 Å². The van der Waals surface area contributed by atoms with Crippen LogP contribution in [0.5, 0.6) is 5.75 Å². The van der Waals surface area contributed by atoms with Gasteiger partial charge < -0.3 is 9.84 Å². The van der Waals surface area contributed by atoms with Gasteiger partial charge in [-0.3, -0.25) is 10.1 Å². The molecule has 1 aromatic carbocycles. The van der Waals surface area contributed by atoms with Crippen molar-refractivity contribution in [3.63, 3.8) is 0 Å². The third-order valence-electron chi connectivity index (χ3n) is 2.29. The number of benzene rings is 1. The lowest BCUT2D eigenvalue weighted by Gasteiger charge is -2.06. The SMILES string of the molecule is CCSCCOc1ccc(/C=C/C(=O)O)cc1[N+](=O)[O-]. The van der Waals surface area contributed by atoms with E-state index in [0.29, 0.717) is 12.2 Å². The Kier molecular flexibility index (Phi) is 6.58. The van der Waals surface area contributed by atoms with Gasteiger partial charge in [0.15, 0.2) is 5.75 Å². The van der Waals surface area contributed by atoms with E-state index < -0.39 is 10.9 Å². The van der Waals surface area contributed by atoms with Gasteiger partial charge in [-0.25, -0.2) is 4.79 Å². The van der Waals surface area contributed by atoms with Crippen molar-refractivity contribution in [1.82, 2.24) is 0 Å². The Morgan fingerprint density at radius 1 is 1.55 bits per heavy atom. The summed E-state index contributed by atoms with van der Waals surface area (Å²) in [5.41, 5.74) is 0.272. The van der Waals surface area contributed by atoms with Gasteiger partial charge in [0.25, 0.3) is 0 Å². The van der Waals surface area contributed by atoms with Gasteiger partial charge in [-0.05, 0) is 23.5 Å². The Balaban J connectivity index is 2.85. The summed E-state index contributed by atoms with van der Waals surface area (Å²) in [5.74, 6) is 0.808. The van der Waals surface area contributed by atoms with E-state index in [9.17, 15) is 14.9 Å². The summed E-state index contributed by atoms with van der Waals surface area (Å²) in [5, 5.41) is 19.5. The molecule has 0 saturated carbocycles. The molecule has 0 heterocycles. The molecule has 0 bridgehead atoms. The molecular weight excluding hydrogens is 282 g/mol. The Morgan fingerprint density at radius 2 is 2.30 bits per heavy atom. The van der Waals surface area contributed by atoms with E-state index in [-0.39, 0.29) is 11.4 Å². The molecule has 0 aliphatic rings. The summed E-state index contributed by atoms with van der Waals surface area (Å²) in [6.07, 6.45) is 2.23. The first-order valence-electron chi connectivity index (χ1n) is 5.94. The number of carboxylic acid groups (broad SMARTS) is 1. The number of ether oxygens (including phenoxy) is 1. The van der Waals surface area contributed by atoms with E-state index in [1.54, 1.807) is 17.8 Å². The number of hydrogen-bond donors (Lipinski definition) is 1. The topological polar surface area (TPSA) is 89.7 Å². The summed E-state index contributed by atoms with van der Waals surface area (Å²) >= 11 is 1.68. The maximum Gasteiger partial charge on any atom is 0.328 e. The first-order valence-corrected chi connectivity index (χ1v) is 7.10. The summed E-state index contributed by atoms with van der Waals surface area (Å²) in [4.78, 5) is 20.9. The van der Waals surface area contributed by atoms with Crippen molar-refractivity contribution in [1.29, 1.82) is 0 Å². The lowest BCUT2D eigenvalue weighted by atomic mass is 10.1. The van der Waals surface area contributed by atoms with E-state index in [2.05, 4.69) is 0 Å². The van der Waals surface area contributed by atoms with Crippen LogP contribution in [-0.4, -0.2) is 34.1 Å². The Bertz CT molecular complexity index is 515. The van der Waals surface area contributed by atoms with Gasteiger partial charge in [0.1, 0.15) is 0 Å². The molecule has 0 atom stereocenters. The van der Waals surface area contributed by atoms with Crippen molar-refractivity contribution in [2.24, 2.45) is 0 Å². The first-order chi connectivity index (χ1) is 9.54. The summed E-state index contributed by atoms with van der Waals surface area (Å²) < 4.78 is 5.38. The van der Waals surface area contributed by atoms with Crippen LogP contribution in [0.2, 0.25) is 0 Å². The molecule has 6 nitrogen and oxygen atoms in total. The molecule has 108 valence electrons. The van der Waals surface area contributed by atoms with Crippen molar-refractivity contribution >= 4 is 29.5 Å². The summed E-state index contributed by atoms with van der Waals surface area (Å²) in [6.45, 7) is 2.42. The fraction of sp³-hybridized carbons (Fsp3) is 0.308. The molecule has 20 heavy (non-hydrogen) atoms. The van der Waals surface area contributed by atoms with Crippen molar-refractivity contribution < 1.29 is 19.6 Å². The largest absolute Gasteiger partial charge is 0.486 e. The lowest BCUT2D eigenvalue weighted by molar-refractivity contribution is -0.385. The fourth-order valence-electron chi connectivity index (χ4n) is 1.43. The van der Waals surface area contributed by atoms with E-state index >= 15 is 0 Å². The minimum atomic E-state index is -1.11. The fourth-order valence-corrected chi connectivity index (χ4v) is 1.92. The van der Waals surface area contributed by atoms with Crippen LogP contribution in [0, 0.1) is 10.1 Å². The summed E-state index contributed by atoms with van der Waals surface area (Å²) in [6, 6.07) is 4.35. The highest BCUT2D eigenvalue weighted by atomic mass is 32.2. The smallest absolute Gasteiger partial charge is 0.328 e. The molecule has 0 saturated heterocycles. The lowest BCUT2D eigenvalue weighted by Crippen LogP contribution is -2.03. The van der Waals surface area contributed by atoms with Gasteiger partial charge in [-0.15, -0.1) is 0 Å². The predicted molar refractivity (Wildman–Crippen MR) is 78.3 cm³/mol. The molecule has 0 aromatic heterocycles. The quantitative estimate of drug-likeness (QED) is 0.343. The standard InChI is InChI=1S/C13H15NO5S/c1-2-20-8-7-19-12-5-3-10(4-6-13(15)16)9-11(12)14(17)18/h3-6,9H,2,7-8H2,1H3,(H,15,16)/b6-4+. The normalized spacial score (nSPS) is 10.7. The number of nitrogens with zero attached hydrogens (tertiary/aromatic N) is 1. The molecule has 1 rings (SSSR count). The maximum absolute atomic E-state index is 11.0. The zero-order valence-corrected chi connectivity index (χ0v) is 11.8.